The first kappa shape index (κ1) is 20.7. The van der Waals surface area contributed by atoms with Gasteiger partial charge in [0.2, 0.25) is 5.91 Å². The molecule has 152 valence electrons. The maximum atomic E-state index is 12.4. The summed E-state index contributed by atoms with van der Waals surface area (Å²) in [7, 11) is 2.15. The zero-order valence-electron chi connectivity index (χ0n) is 17.1. The molecular weight excluding hydrogens is 374 g/mol. The van der Waals surface area contributed by atoms with Crippen molar-refractivity contribution in [1.82, 2.24) is 19.6 Å². The maximum absolute atomic E-state index is 12.4. The van der Waals surface area contributed by atoms with Gasteiger partial charge in [0.05, 0.1) is 17.9 Å². The van der Waals surface area contributed by atoms with E-state index in [0.29, 0.717) is 13.1 Å². The molecule has 0 aliphatic carbocycles. The average Bonchev–Trinajstić information content (AvgIpc) is 3.04. The Morgan fingerprint density at radius 1 is 1.18 bits per heavy atom. The second-order valence-electron chi connectivity index (χ2n) is 7.37. The second-order valence-corrected chi connectivity index (χ2v) is 7.64. The smallest absolute Gasteiger partial charge is 0.237 e. The van der Waals surface area contributed by atoms with Crippen molar-refractivity contribution in [2.75, 3.05) is 50.6 Å². The molecule has 2 heterocycles. The number of likely N-dealkylation sites (N-methyl/N-ethyl adjacent to an activating group) is 1. The van der Waals surface area contributed by atoms with Crippen LogP contribution in [0.15, 0.2) is 30.3 Å². The topological polar surface area (TPSA) is 44.6 Å². The van der Waals surface area contributed by atoms with Gasteiger partial charge in [-0.25, -0.2) is 4.68 Å². The van der Waals surface area contributed by atoms with Gasteiger partial charge in [0, 0.05) is 38.3 Å². The van der Waals surface area contributed by atoms with Gasteiger partial charge in [0.25, 0.3) is 0 Å². The fourth-order valence-corrected chi connectivity index (χ4v) is 3.83. The van der Waals surface area contributed by atoms with Crippen LogP contribution in [0.25, 0.3) is 5.69 Å². The number of hydrogen-bond donors (Lipinski definition) is 0. The molecule has 28 heavy (non-hydrogen) atoms. The SMILES string of the molecule is CCCN(Cc1c(C)nn(-c2ccccc2)c1N1CCN(C)CC1)C(=O)CCl. The number of carbonyl (C=O) groups is 1. The van der Waals surface area contributed by atoms with E-state index in [0.717, 1.165) is 55.4 Å². The van der Waals surface area contributed by atoms with Crippen LogP contribution in [0.1, 0.15) is 24.6 Å². The third-order valence-electron chi connectivity index (χ3n) is 5.27. The molecule has 0 radical (unpaired) electrons. The van der Waals surface area contributed by atoms with E-state index in [-0.39, 0.29) is 11.8 Å². The molecule has 7 heteroatoms. The van der Waals surface area contributed by atoms with E-state index in [4.69, 9.17) is 16.7 Å². The first-order valence-corrected chi connectivity index (χ1v) is 10.5. The number of piperazine rings is 1. The van der Waals surface area contributed by atoms with E-state index >= 15 is 0 Å². The van der Waals surface area contributed by atoms with Gasteiger partial charge in [-0.1, -0.05) is 25.1 Å². The Kier molecular flexibility index (Phi) is 6.97. The number of nitrogens with zero attached hydrogens (tertiary/aromatic N) is 5. The standard InChI is InChI=1S/C21H30ClN5O/c1-4-10-26(20(28)15-22)16-19-17(2)23-27(18-8-6-5-7-9-18)21(19)25-13-11-24(3)12-14-25/h5-9H,4,10-16H2,1-3H3. The molecule has 2 aromatic rings. The highest BCUT2D eigenvalue weighted by Crippen LogP contribution is 2.29. The number of amides is 1. The Balaban J connectivity index is 2.03. The molecule has 1 fully saturated rings. The molecule has 0 atom stereocenters. The van der Waals surface area contributed by atoms with Crippen molar-refractivity contribution in [1.29, 1.82) is 0 Å². The Labute approximate surface area is 172 Å². The van der Waals surface area contributed by atoms with E-state index < -0.39 is 0 Å². The minimum absolute atomic E-state index is 0.00964. The second kappa shape index (κ2) is 9.43. The van der Waals surface area contributed by atoms with Gasteiger partial charge in [-0.15, -0.1) is 11.6 Å². The van der Waals surface area contributed by atoms with Gasteiger partial charge < -0.3 is 14.7 Å². The van der Waals surface area contributed by atoms with Crippen LogP contribution < -0.4 is 4.90 Å². The quantitative estimate of drug-likeness (QED) is 0.667. The Hall–Kier alpha value is -2.05. The zero-order valence-corrected chi connectivity index (χ0v) is 17.8. The highest BCUT2D eigenvalue weighted by Gasteiger charge is 2.26. The van der Waals surface area contributed by atoms with E-state index in [1.165, 1.54) is 0 Å². The Bertz CT molecular complexity index is 784. The summed E-state index contributed by atoms with van der Waals surface area (Å²) >= 11 is 5.87. The van der Waals surface area contributed by atoms with Crippen LogP contribution in [0.4, 0.5) is 5.82 Å². The number of para-hydroxylation sites is 1. The minimum atomic E-state index is -0.0281. The van der Waals surface area contributed by atoms with Gasteiger partial charge in [-0.2, -0.15) is 5.10 Å². The van der Waals surface area contributed by atoms with Crippen LogP contribution in [-0.2, 0) is 11.3 Å². The molecule has 0 saturated carbocycles. The molecule has 1 amide bonds. The van der Waals surface area contributed by atoms with Crippen LogP contribution in [0, 0.1) is 6.92 Å². The van der Waals surface area contributed by atoms with Gasteiger partial charge >= 0.3 is 0 Å². The number of rotatable bonds is 7. The summed E-state index contributed by atoms with van der Waals surface area (Å²) in [6.45, 7) is 9.26. The summed E-state index contributed by atoms with van der Waals surface area (Å²) in [4.78, 5) is 19.0. The number of halogens is 1. The molecule has 6 nitrogen and oxygen atoms in total. The number of aromatic nitrogens is 2. The van der Waals surface area contributed by atoms with Crippen molar-refractivity contribution in [2.45, 2.75) is 26.8 Å². The van der Waals surface area contributed by atoms with Gasteiger partial charge in [-0.3, -0.25) is 4.79 Å². The predicted molar refractivity (Wildman–Crippen MR) is 114 cm³/mol. The number of carbonyl (C=O) groups excluding carboxylic acids is 1. The average molecular weight is 404 g/mol. The Morgan fingerprint density at radius 3 is 2.46 bits per heavy atom. The van der Waals surface area contributed by atoms with Crippen molar-refractivity contribution in [3.63, 3.8) is 0 Å². The van der Waals surface area contributed by atoms with Crippen LogP contribution in [0.2, 0.25) is 0 Å². The number of alkyl halides is 1. The fraction of sp³-hybridized carbons (Fsp3) is 0.524. The highest BCUT2D eigenvalue weighted by atomic mass is 35.5. The summed E-state index contributed by atoms with van der Waals surface area (Å²) in [5.41, 5.74) is 3.11. The normalized spacial score (nSPS) is 15.1. The molecular formula is C21H30ClN5O. The molecule has 1 aliphatic heterocycles. The molecule has 0 bridgehead atoms. The van der Waals surface area contributed by atoms with Crippen molar-refractivity contribution in [2.24, 2.45) is 0 Å². The third-order valence-corrected chi connectivity index (χ3v) is 5.50. The van der Waals surface area contributed by atoms with E-state index in [2.05, 4.69) is 35.9 Å². The van der Waals surface area contributed by atoms with Crippen molar-refractivity contribution < 1.29 is 4.79 Å². The van der Waals surface area contributed by atoms with E-state index in [1.807, 2.05) is 34.7 Å². The monoisotopic (exact) mass is 403 g/mol. The number of hydrogen-bond acceptors (Lipinski definition) is 4. The fourth-order valence-electron chi connectivity index (χ4n) is 3.66. The minimum Gasteiger partial charge on any atom is -0.354 e. The van der Waals surface area contributed by atoms with Crippen LogP contribution in [0.3, 0.4) is 0 Å². The lowest BCUT2D eigenvalue weighted by molar-refractivity contribution is -0.129. The van der Waals surface area contributed by atoms with Crippen LogP contribution in [0.5, 0.6) is 0 Å². The third kappa shape index (κ3) is 4.50. The zero-order chi connectivity index (χ0) is 20.1. The molecule has 1 aliphatic rings. The predicted octanol–water partition coefficient (Wildman–Crippen LogP) is 2.91. The van der Waals surface area contributed by atoms with Crippen LogP contribution in [-0.4, -0.2) is 71.1 Å². The number of anilines is 1. The Morgan fingerprint density at radius 2 is 1.86 bits per heavy atom. The van der Waals surface area contributed by atoms with Gasteiger partial charge in [-0.05, 0) is 32.5 Å². The molecule has 3 rings (SSSR count). The lowest BCUT2D eigenvalue weighted by Crippen LogP contribution is -2.45. The lowest BCUT2D eigenvalue weighted by atomic mass is 10.2. The van der Waals surface area contributed by atoms with Crippen molar-refractivity contribution in [3.8, 4) is 5.69 Å². The number of benzene rings is 1. The summed E-state index contributed by atoms with van der Waals surface area (Å²) < 4.78 is 2.03. The summed E-state index contributed by atoms with van der Waals surface area (Å²) in [5, 5.41) is 4.86. The van der Waals surface area contributed by atoms with Crippen molar-refractivity contribution in [3.05, 3.63) is 41.6 Å². The molecule has 1 saturated heterocycles. The molecule has 0 N–H and O–H groups in total. The molecule has 1 aromatic carbocycles. The molecule has 1 aromatic heterocycles. The number of aryl methyl sites for hydroxylation is 1. The van der Waals surface area contributed by atoms with Crippen LogP contribution >= 0.6 is 11.6 Å². The molecule has 0 spiro atoms. The summed E-state index contributed by atoms with van der Waals surface area (Å²) in [6, 6.07) is 10.2. The largest absolute Gasteiger partial charge is 0.354 e. The van der Waals surface area contributed by atoms with Crippen molar-refractivity contribution >= 4 is 23.3 Å². The van der Waals surface area contributed by atoms with Gasteiger partial charge in [0.15, 0.2) is 0 Å². The highest BCUT2D eigenvalue weighted by molar-refractivity contribution is 6.27. The summed E-state index contributed by atoms with van der Waals surface area (Å²) in [6.07, 6.45) is 0.901. The maximum Gasteiger partial charge on any atom is 0.237 e. The van der Waals surface area contributed by atoms with E-state index in [9.17, 15) is 4.79 Å². The van der Waals surface area contributed by atoms with Gasteiger partial charge in [0.1, 0.15) is 11.7 Å². The summed E-state index contributed by atoms with van der Waals surface area (Å²) in [5.74, 6) is 1.08. The lowest BCUT2D eigenvalue weighted by Gasteiger charge is -2.35. The molecule has 0 unspecified atom stereocenters. The first-order chi connectivity index (χ1) is 13.5. The van der Waals surface area contributed by atoms with E-state index in [1.54, 1.807) is 0 Å². The first-order valence-electron chi connectivity index (χ1n) is 9.96.